The number of nitrogens with zero attached hydrogens (tertiary/aromatic N) is 1. The first-order valence-corrected chi connectivity index (χ1v) is 4.09. The first-order valence-electron chi connectivity index (χ1n) is 2.57. The predicted octanol–water partition coefficient (Wildman–Crippen LogP) is 0.0775. The molecule has 0 radical (unpaired) electrons. The maximum absolute atomic E-state index is 10.7. The topological polar surface area (TPSA) is 76.0 Å². The molecule has 0 bridgehead atoms. The van der Waals surface area contributed by atoms with E-state index < -0.39 is 17.5 Å². The molecule has 0 heterocycles. The Hall–Kier alpha value is -0.660. The van der Waals surface area contributed by atoms with E-state index >= 15 is 0 Å². The van der Waals surface area contributed by atoms with Crippen LogP contribution in [0, 0.1) is 0 Å². The Morgan fingerprint density at radius 2 is 2.18 bits per heavy atom. The van der Waals surface area contributed by atoms with Crippen LogP contribution in [0.4, 0.5) is 0 Å². The highest BCUT2D eigenvalue weighted by Crippen LogP contribution is 1.89. The molecular formula is C5H6INO4. The van der Waals surface area contributed by atoms with Gasteiger partial charge < -0.3 is 9.94 Å². The molecule has 11 heavy (non-hydrogen) atoms. The highest BCUT2D eigenvalue weighted by Gasteiger charge is 2.18. The summed E-state index contributed by atoms with van der Waals surface area (Å²) in [6, 6.07) is 0. The molecular weight excluding hydrogens is 265 g/mol. The molecule has 0 aromatic heterocycles. The van der Waals surface area contributed by atoms with E-state index in [0.717, 1.165) is 0 Å². The zero-order valence-electron chi connectivity index (χ0n) is 5.70. The highest BCUT2D eigenvalue weighted by atomic mass is 127. The van der Waals surface area contributed by atoms with Crippen LogP contribution in [0.3, 0.4) is 0 Å². The van der Waals surface area contributed by atoms with E-state index in [1.807, 2.05) is 0 Å². The monoisotopic (exact) mass is 271 g/mol. The van der Waals surface area contributed by atoms with Crippen molar-refractivity contribution in [1.29, 1.82) is 0 Å². The van der Waals surface area contributed by atoms with Gasteiger partial charge in [0.25, 0.3) is 0 Å². The van der Waals surface area contributed by atoms with Crippen LogP contribution in [0.25, 0.3) is 0 Å². The van der Waals surface area contributed by atoms with Gasteiger partial charge in [-0.3, -0.25) is 4.79 Å². The average molecular weight is 271 g/mol. The Labute approximate surface area is 76.5 Å². The van der Waals surface area contributed by atoms with Crippen molar-refractivity contribution < 1.29 is 19.5 Å². The lowest BCUT2D eigenvalue weighted by Gasteiger charge is -1.94. The Bertz CT molecular complexity index is 201. The Kier molecular flexibility index (Phi) is 4.75. The van der Waals surface area contributed by atoms with Crippen LogP contribution in [-0.2, 0) is 14.4 Å². The summed E-state index contributed by atoms with van der Waals surface area (Å²) < 4.78 is 0.0756. The third-order valence-electron chi connectivity index (χ3n) is 0.771. The first-order chi connectivity index (χ1) is 5.13. The summed E-state index contributed by atoms with van der Waals surface area (Å²) in [5.41, 5.74) is -0.568. The fourth-order valence-electron chi connectivity index (χ4n) is 0.364. The second kappa shape index (κ2) is 5.05. The van der Waals surface area contributed by atoms with E-state index in [9.17, 15) is 9.59 Å². The summed E-state index contributed by atoms with van der Waals surface area (Å²) in [6.45, 7) is 0. The van der Waals surface area contributed by atoms with E-state index in [2.05, 4.69) is 9.99 Å². The van der Waals surface area contributed by atoms with Gasteiger partial charge in [-0.2, -0.15) is 0 Å². The maximum Gasteiger partial charge on any atom is 0.361 e. The van der Waals surface area contributed by atoms with Crippen LogP contribution in [0.2, 0.25) is 0 Å². The fraction of sp³-hybridized carbons (Fsp3) is 0.400. The second-order valence-corrected chi connectivity index (χ2v) is 2.25. The van der Waals surface area contributed by atoms with Gasteiger partial charge in [-0.1, -0.05) is 27.7 Å². The molecule has 0 aliphatic rings. The zero-order valence-corrected chi connectivity index (χ0v) is 7.86. The molecule has 62 valence electrons. The number of oxime groups is 1. The predicted molar refractivity (Wildman–Crippen MR) is 46.0 cm³/mol. The van der Waals surface area contributed by atoms with Gasteiger partial charge in [0.15, 0.2) is 0 Å². The van der Waals surface area contributed by atoms with E-state index in [1.54, 1.807) is 22.6 Å². The summed E-state index contributed by atoms with van der Waals surface area (Å²) >= 11 is 1.75. The van der Waals surface area contributed by atoms with Crippen LogP contribution >= 0.6 is 22.6 Å². The van der Waals surface area contributed by atoms with E-state index in [-0.39, 0.29) is 4.43 Å². The number of ketones is 1. The van der Waals surface area contributed by atoms with Gasteiger partial charge in [0.05, 0.1) is 4.43 Å². The normalized spacial score (nSPS) is 10.9. The number of carbonyl (C=O) groups is 2. The van der Waals surface area contributed by atoms with E-state index in [1.165, 1.54) is 7.11 Å². The minimum Gasteiger partial charge on any atom is -0.476 e. The molecule has 0 saturated heterocycles. The zero-order chi connectivity index (χ0) is 8.85. The molecule has 0 saturated carbocycles. The van der Waals surface area contributed by atoms with Crippen molar-refractivity contribution in [3.8, 4) is 0 Å². The maximum atomic E-state index is 10.7. The van der Waals surface area contributed by atoms with Crippen molar-refractivity contribution in [3.63, 3.8) is 0 Å². The van der Waals surface area contributed by atoms with Crippen LogP contribution in [0.5, 0.6) is 0 Å². The molecule has 0 amide bonds. The number of halogens is 1. The molecule has 0 aliphatic carbocycles. The number of aliphatic carboxylic acids is 1. The van der Waals surface area contributed by atoms with Gasteiger partial charge in [0.1, 0.15) is 7.11 Å². The quantitative estimate of drug-likeness (QED) is 0.258. The third kappa shape index (κ3) is 3.30. The van der Waals surface area contributed by atoms with Crippen molar-refractivity contribution in [2.24, 2.45) is 5.16 Å². The fourth-order valence-corrected chi connectivity index (χ4v) is 0.725. The largest absolute Gasteiger partial charge is 0.476 e. The minimum atomic E-state index is -1.37. The van der Waals surface area contributed by atoms with Gasteiger partial charge in [-0.15, -0.1) is 0 Å². The molecule has 0 aromatic carbocycles. The van der Waals surface area contributed by atoms with Crippen molar-refractivity contribution >= 4 is 40.1 Å². The summed E-state index contributed by atoms with van der Waals surface area (Å²) in [7, 11) is 1.18. The number of carboxylic acids is 1. The highest BCUT2D eigenvalue weighted by molar-refractivity contribution is 14.1. The molecule has 0 unspecified atom stereocenters. The summed E-state index contributed by atoms with van der Waals surface area (Å²) in [4.78, 5) is 25.2. The van der Waals surface area contributed by atoms with Crippen molar-refractivity contribution in [1.82, 2.24) is 0 Å². The summed E-state index contributed by atoms with van der Waals surface area (Å²) in [5.74, 6) is -1.92. The lowest BCUT2D eigenvalue weighted by atomic mass is 10.3. The standard InChI is InChI=1S/C5H6INO4/c1-11-7-4(5(9)10)3(8)2-6/h2H2,1H3,(H,9,10)/b7-4-. The number of carboxylic acid groups (broad SMARTS) is 1. The molecule has 5 nitrogen and oxygen atoms in total. The van der Waals surface area contributed by atoms with Crippen LogP contribution in [0.15, 0.2) is 5.16 Å². The smallest absolute Gasteiger partial charge is 0.361 e. The minimum absolute atomic E-state index is 0.0756. The second-order valence-electron chi connectivity index (χ2n) is 1.48. The first kappa shape index (κ1) is 10.3. The third-order valence-corrected chi connectivity index (χ3v) is 1.46. The van der Waals surface area contributed by atoms with Gasteiger partial charge >= 0.3 is 5.97 Å². The Balaban J connectivity index is 4.48. The van der Waals surface area contributed by atoms with Gasteiger partial charge in [0.2, 0.25) is 11.5 Å². The molecule has 1 N–H and O–H groups in total. The lowest BCUT2D eigenvalue weighted by molar-refractivity contribution is -0.130. The van der Waals surface area contributed by atoms with Gasteiger partial charge in [-0.25, -0.2) is 4.79 Å². The molecule has 0 atom stereocenters. The summed E-state index contributed by atoms with van der Waals surface area (Å²) in [6.07, 6.45) is 0. The van der Waals surface area contributed by atoms with Gasteiger partial charge in [-0.05, 0) is 0 Å². The van der Waals surface area contributed by atoms with E-state index in [4.69, 9.17) is 5.11 Å². The molecule has 0 aliphatic heterocycles. The summed E-state index contributed by atoms with van der Waals surface area (Å²) in [5, 5.41) is 11.4. The number of Topliss-reactive ketones (excluding diaryl/α,β-unsaturated/α-hetero) is 1. The van der Waals surface area contributed by atoms with Crippen LogP contribution in [-0.4, -0.2) is 34.1 Å². The average Bonchev–Trinajstić information content (AvgIpc) is 1.98. The lowest BCUT2D eigenvalue weighted by Crippen LogP contribution is -2.24. The number of hydrogen-bond donors (Lipinski definition) is 1. The SMILES string of the molecule is CO/N=C(\C(=O)O)C(=O)CI. The van der Waals surface area contributed by atoms with Crippen molar-refractivity contribution in [2.45, 2.75) is 0 Å². The molecule has 0 rings (SSSR count). The number of rotatable bonds is 4. The molecule has 6 heteroatoms. The number of hydrogen-bond acceptors (Lipinski definition) is 4. The molecule has 0 fully saturated rings. The molecule has 0 spiro atoms. The van der Waals surface area contributed by atoms with Crippen molar-refractivity contribution in [2.75, 3.05) is 11.5 Å². The molecule has 0 aromatic rings. The number of alkyl halides is 1. The Morgan fingerprint density at radius 3 is 2.45 bits per heavy atom. The van der Waals surface area contributed by atoms with E-state index in [0.29, 0.717) is 0 Å². The Morgan fingerprint density at radius 1 is 1.64 bits per heavy atom. The van der Waals surface area contributed by atoms with Crippen LogP contribution < -0.4 is 0 Å². The number of carbonyl (C=O) groups excluding carboxylic acids is 1. The van der Waals surface area contributed by atoms with Crippen molar-refractivity contribution in [3.05, 3.63) is 0 Å². The van der Waals surface area contributed by atoms with Gasteiger partial charge in [0, 0.05) is 0 Å². The van der Waals surface area contributed by atoms with Crippen LogP contribution in [0.1, 0.15) is 0 Å².